The highest BCUT2D eigenvalue weighted by Gasteiger charge is 2.19. The zero-order valence-electron chi connectivity index (χ0n) is 13.7. The van der Waals surface area contributed by atoms with Gasteiger partial charge in [0.25, 0.3) is 0 Å². The summed E-state index contributed by atoms with van der Waals surface area (Å²) < 4.78 is 4.93. The maximum atomic E-state index is 11.8. The van der Waals surface area contributed by atoms with Crippen LogP contribution in [-0.2, 0) is 16.1 Å². The molecule has 1 saturated heterocycles. The number of hydrogen-bond donors (Lipinski definition) is 1. The van der Waals surface area contributed by atoms with E-state index < -0.39 is 0 Å². The van der Waals surface area contributed by atoms with Crippen molar-refractivity contribution in [2.45, 2.75) is 13.5 Å². The van der Waals surface area contributed by atoms with Gasteiger partial charge in [0.15, 0.2) is 0 Å². The molecule has 1 heterocycles. The van der Waals surface area contributed by atoms with E-state index >= 15 is 0 Å². The fourth-order valence-corrected chi connectivity index (χ4v) is 2.69. The first kappa shape index (κ1) is 16.9. The molecule has 1 amide bonds. The molecule has 5 nitrogen and oxygen atoms in total. The fraction of sp³-hybridized carbons (Fsp3) is 0.588. The largest absolute Gasteiger partial charge is 0.383 e. The van der Waals surface area contributed by atoms with Crippen molar-refractivity contribution < 1.29 is 9.53 Å². The van der Waals surface area contributed by atoms with E-state index in [0.29, 0.717) is 19.7 Å². The summed E-state index contributed by atoms with van der Waals surface area (Å²) in [5.74, 6) is 0.0874. The zero-order chi connectivity index (χ0) is 15.8. The van der Waals surface area contributed by atoms with Gasteiger partial charge in [-0.25, -0.2) is 0 Å². The molecular formula is C17H27N3O2. The molecule has 1 aliphatic rings. The van der Waals surface area contributed by atoms with Crippen LogP contribution >= 0.6 is 0 Å². The molecule has 0 spiro atoms. The summed E-state index contributed by atoms with van der Waals surface area (Å²) in [6.07, 6.45) is 0. The lowest BCUT2D eigenvalue weighted by Crippen LogP contribution is -2.49. The third-order valence-corrected chi connectivity index (χ3v) is 4.12. The van der Waals surface area contributed by atoms with Crippen LogP contribution in [0, 0.1) is 6.92 Å². The molecule has 0 atom stereocenters. The number of ether oxygens (including phenoxy) is 1. The minimum absolute atomic E-state index is 0.0874. The van der Waals surface area contributed by atoms with Crippen LogP contribution in [0.5, 0.6) is 0 Å². The van der Waals surface area contributed by atoms with Gasteiger partial charge in [0.05, 0.1) is 13.2 Å². The van der Waals surface area contributed by atoms with Crippen molar-refractivity contribution >= 4 is 5.91 Å². The number of methoxy groups -OCH3 is 1. The Labute approximate surface area is 133 Å². The molecule has 2 rings (SSSR count). The van der Waals surface area contributed by atoms with Gasteiger partial charge in [0.2, 0.25) is 5.91 Å². The van der Waals surface area contributed by atoms with Crippen LogP contribution in [0.15, 0.2) is 24.3 Å². The quantitative estimate of drug-likeness (QED) is 0.760. The summed E-state index contributed by atoms with van der Waals surface area (Å²) in [5.41, 5.74) is 2.75. The number of benzene rings is 1. The molecule has 1 N–H and O–H groups in total. The topological polar surface area (TPSA) is 44.8 Å². The molecule has 0 unspecified atom stereocenters. The second-order valence-corrected chi connectivity index (χ2v) is 5.82. The number of nitrogens with one attached hydrogen (secondary N) is 1. The number of amides is 1. The molecule has 0 radical (unpaired) electrons. The van der Waals surface area contributed by atoms with Gasteiger partial charge in [-0.2, -0.15) is 0 Å². The molecule has 0 bridgehead atoms. The normalized spacial score (nSPS) is 16.6. The molecule has 5 heteroatoms. The summed E-state index contributed by atoms with van der Waals surface area (Å²) in [6, 6.07) is 8.54. The van der Waals surface area contributed by atoms with Crippen LogP contribution in [0.3, 0.4) is 0 Å². The maximum absolute atomic E-state index is 11.8. The summed E-state index contributed by atoms with van der Waals surface area (Å²) in [6.45, 7) is 8.73. The Morgan fingerprint density at radius 3 is 2.55 bits per heavy atom. The Morgan fingerprint density at radius 1 is 1.18 bits per heavy atom. The lowest BCUT2D eigenvalue weighted by molar-refractivity contribution is -0.122. The highest BCUT2D eigenvalue weighted by atomic mass is 16.5. The Kier molecular flexibility index (Phi) is 6.83. The van der Waals surface area contributed by atoms with E-state index in [0.717, 1.165) is 32.7 Å². The van der Waals surface area contributed by atoms with Gasteiger partial charge >= 0.3 is 0 Å². The zero-order valence-corrected chi connectivity index (χ0v) is 13.7. The van der Waals surface area contributed by atoms with E-state index in [2.05, 4.69) is 46.3 Å². The third-order valence-electron chi connectivity index (χ3n) is 4.12. The molecule has 1 aromatic carbocycles. The van der Waals surface area contributed by atoms with E-state index in [1.165, 1.54) is 11.1 Å². The van der Waals surface area contributed by atoms with Crippen molar-refractivity contribution in [3.8, 4) is 0 Å². The van der Waals surface area contributed by atoms with Crippen molar-refractivity contribution in [2.75, 3.05) is 53.0 Å². The van der Waals surface area contributed by atoms with E-state index in [1.54, 1.807) is 7.11 Å². The van der Waals surface area contributed by atoms with E-state index in [-0.39, 0.29) is 5.91 Å². The molecule has 1 fully saturated rings. The van der Waals surface area contributed by atoms with Crippen LogP contribution in [0.2, 0.25) is 0 Å². The minimum Gasteiger partial charge on any atom is -0.383 e. The van der Waals surface area contributed by atoms with Gasteiger partial charge in [0.1, 0.15) is 0 Å². The number of rotatable bonds is 7. The summed E-state index contributed by atoms with van der Waals surface area (Å²) >= 11 is 0. The Morgan fingerprint density at radius 2 is 1.86 bits per heavy atom. The first-order valence-electron chi connectivity index (χ1n) is 7.94. The SMILES string of the molecule is COCCNC(=O)CN1CCN(Cc2ccccc2C)CC1. The van der Waals surface area contributed by atoms with Crippen LogP contribution < -0.4 is 5.32 Å². The summed E-state index contributed by atoms with van der Waals surface area (Å²) in [5, 5.41) is 2.87. The van der Waals surface area contributed by atoms with E-state index in [1.807, 2.05) is 0 Å². The number of piperazine rings is 1. The first-order chi connectivity index (χ1) is 10.7. The lowest BCUT2D eigenvalue weighted by Gasteiger charge is -2.34. The molecule has 1 aromatic rings. The van der Waals surface area contributed by atoms with Gasteiger partial charge in [0, 0.05) is 46.4 Å². The predicted molar refractivity (Wildman–Crippen MR) is 87.8 cm³/mol. The van der Waals surface area contributed by atoms with Crippen LogP contribution in [-0.4, -0.2) is 68.7 Å². The third kappa shape index (κ3) is 5.40. The second kappa shape index (κ2) is 8.88. The summed E-state index contributed by atoms with van der Waals surface area (Å²) in [7, 11) is 1.64. The van der Waals surface area contributed by atoms with Crippen molar-refractivity contribution in [3.05, 3.63) is 35.4 Å². The molecule has 1 aliphatic heterocycles. The fourth-order valence-electron chi connectivity index (χ4n) is 2.69. The first-order valence-corrected chi connectivity index (χ1v) is 7.94. The van der Waals surface area contributed by atoms with E-state index in [4.69, 9.17) is 4.74 Å². The number of nitrogens with zero attached hydrogens (tertiary/aromatic N) is 2. The Bertz CT molecular complexity index is 471. The Balaban J connectivity index is 1.69. The monoisotopic (exact) mass is 305 g/mol. The maximum Gasteiger partial charge on any atom is 0.234 e. The Hall–Kier alpha value is -1.43. The van der Waals surface area contributed by atoms with Crippen molar-refractivity contribution in [1.29, 1.82) is 0 Å². The molecule has 0 aliphatic carbocycles. The lowest BCUT2D eigenvalue weighted by atomic mass is 10.1. The average Bonchev–Trinajstić information content (AvgIpc) is 2.52. The van der Waals surface area contributed by atoms with Crippen LogP contribution in [0.4, 0.5) is 0 Å². The van der Waals surface area contributed by atoms with Crippen molar-refractivity contribution in [1.82, 2.24) is 15.1 Å². The second-order valence-electron chi connectivity index (χ2n) is 5.82. The summed E-state index contributed by atoms with van der Waals surface area (Å²) in [4.78, 5) is 16.5. The molecule has 0 saturated carbocycles. The van der Waals surface area contributed by atoms with Gasteiger partial charge in [-0.3, -0.25) is 14.6 Å². The number of hydrogen-bond acceptors (Lipinski definition) is 4. The van der Waals surface area contributed by atoms with Crippen LogP contribution in [0.25, 0.3) is 0 Å². The van der Waals surface area contributed by atoms with Gasteiger partial charge < -0.3 is 10.1 Å². The highest BCUT2D eigenvalue weighted by Crippen LogP contribution is 2.12. The van der Waals surface area contributed by atoms with Gasteiger partial charge in [-0.15, -0.1) is 0 Å². The highest BCUT2D eigenvalue weighted by molar-refractivity contribution is 5.77. The number of aryl methyl sites for hydroxylation is 1. The smallest absolute Gasteiger partial charge is 0.234 e. The molecular weight excluding hydrogens is 278 g/mol. The molecule has 22 heavy (non-hydrogen) atoms. The molecule has 0 aromatic heterocycles. The average molecular weight is 305 g/mol. The standard InChI is InChI=1S/C17H27N3O2/c1-15-5-3-4-6-16(15)13-19-8-10-20(11-9-19)14-17(21)18-7-12-22-2/h3-6H,7-14H2,1-2H3,(H,18,21). The van der Waals surface area contributed by atoms with Crippen molar-refractivity contribution in [3.63, 3.8) is 0 Å². The van der Waals surface area contributed by atoms with Crippen LogP contribution in [0.1, 0.15) is 11.1 Å². The predicted octanol–water partition coefficient (Wildman–Crippen LogP) is 0.875. The number of carbonyl (C=O) groups is 1. The number of carbonyl (C=O) groups excluding carboxylic acids is 1. The van der Waals surface area contributed by atoms with Gasteiger partial charge in [-0.1, -0.05) is 24.3 Å². The van der Waals surface area contributed by atoms with E-state index in [9.17, 15) is 4.79 Å². The van der Waals surface area contributed by atoms with Gasteiger partial charge in [-0.05, 0) is 18.1 Å². The minimum atomic E-state index is 0.0874. The molecule has 122 valence electrons. The van der Waals surface area contributed by atoms with Crippen molar-refractivity contribution in [2.24, 2.45) is 0 Å².